The summed E-state index contributed by atoms with van der Waals surface area (Å²) in [5.74, 6) is 5.02. The van der Waals surface area contributed by atoms with Crippen molar-refractivity contribution in [2.45, 2.75) is 0 Å². The van der Waals surface area contributed by atoms with E-state index in [0.29, 0.717) is 12.2 Å². The summed E-state index contributed by atoms with van der Waals surface area (Å²) >= 11 is 0. The van der Waals surface area contributed by atoms with Gasteiger partial charge in [-0.15, -0.1) is 0 Å². The van der Waals surface area contributed by atoms with Crippen molar-refractivity contribution < 1.29 is 9.13 Å². The quantitative estimate of drug-likeness (QED) is 0.522. The maximum atomic E-state index is 12.9. The number of hydrogen-bond donors (Lipinski definition) is 1. The highest BCUT2D eigenvalue weighted by molar-refractivity contribution is 5.46. The highest BCUT2D eigenvalue weighted by Crippen LogP contribution is 2.10. The molecule has 0 heterocycles. The number of ether oxygens (including phenoxy) is 1. The lowest BCUT2D eigenvalue weighted by atomic mass is 10.2. The molecular formula is C10H10FNO. The summed E-state index contributed by atoms with van der Waals surface area (Å²) in [7, 11) is 1.55. The van der Waals surface area contributed by atoms with Crippen LogP contribution in [-0.4, -0.2) is 13.7 Å². The van der Waals surface area contributed by atoms with Crippen molar-refractivity contribution >= 4 is 5.69 Å². The van der Waals surface area contributed by atoms with Gasteiger partial charge < -0.3 is 10.5 Å². The predicted octanol–water partition coefficient (Wildman–Crippen LogP) is 1.41. The minimum absolute atomic E-state index is 0.136. The predicted molar refractivity (Wildman–Crippen MR) is 49.6 cm³/mol. The molecule has 0 radical (unpaired) electrons. The van der Waals surface area contributed by atoms with Gasteiger partial charge in [-0.3, -0.25) is 0 Å². The largest absolute Gasteiger partial charge is 0.396 e. The van der Waals surface area contributed by atoms with E-state index in [1.807, 2.05) is 0 Å². The van der Waals surface area contributed by atoms with E-state index in [4.69, 9.17) is 10.5 Å². The Bertz CT molecular complexity index is 352. The molecule has 0 amide bonds. The molecule has 13 heavy (non-hydrogen) atoms. The first kappa shape index (κ1) is 9.56. The van der Waals surface area contributed by atoms with E-state index in [1.165, 1.54) is 12.1 Å². The summed E-state index contributed by atoms with van der Waals surface area (Å²) in [5.41, 5.74) is 6.03. The first-order valence-electron chi connectivity index (χ1n) is 3.77. The van der Waals surface area contributed by atoms with E-state index in [2.05, 4.69) is 11.8 Å². The van der Waals surface area contributed by atoms with E-state index >= 15 is 0 Å². The van der Waals surface area contributed by atoms with E-state index in [-0.39, 0.29) is 5.69 Å². The fourth-order valence-electron chi connectivity index (χ4n) is 0.815. The van der Waals surface area contributed by atoms with Crippen LogP contribution in [0.15, 0.2) is 18.2 Å². The molecule has 0 aliphatic rings. The van der Waals surface area contributed by atoms with Crippen LogP contribution in [0.5, 0.6) is 0 Å². The van der Waals surface area contributed by atoms with Crippen LogP contribution in [0.4, 0.5) is 10.1 Å². The lowest BCUT2D eigenvalue weighted by molar-refractivity contribution is 0.240. The normalized spacial score (nSPS) is 9.08. The summed E-state index contributed by atoms with van der Waals surface area (Å²) in [6.07, 6.45) is 0. The Kier molecular flexibility index (Phi) is 3.30. The number of halogens is 1. The minimum Gasteiger partial charge on any atom is -0.396 e. The van der Waals surface area contributed by atoms with E-state index < -0.39 is 5.82 Å². The average Bonchev–Trinajstić information content (AvgIpc) is 2.12. The molecule has 1 rings (SSSR count). The minimum atomic E-state index is -0.441. The molecule has 0 spiro atoms. The van der Waals surface area contributed by atoms with Crippen LogP contribution in [0.1, 0.15) is 5.56 Å². The van der Waals surface area contributed by atoms with Crippen molar-refractivity contribution in [2.75, 3.05) is 19.5 Å². The molecular weight excluding hydrogens is 169 g/mol. The molecule has 0 saturated carbocycles. The van der Waals surface area contributed by atoms with Crippen LogP contribution in [0, 0.1) is 17.7 Å². The van der Waals surface area contributed by atoms with Gasteiger partial charge in [0.1, 0.15) is 12.4 Å². The lowest BCUT2D eigenvalue weighted by Gasteiger charge is -1.95. The monoisotopic (exact) mass is 179 g/mol. The smallest absolute Gasteiger partial charge is 0.147 e. The van der Waals surface area contributed by atoms with Gasteiger partial charge in [-0.25, -0.2) is 4.39 Å². The Morgan fingerprint density at radius 2 is 2.31 bits per heavy atom. The Morgan fingerprint density at radius 1 is 1.54 bits per heavy atom. The maximum Gasteiger partial charge on any atom is 0.147 e. The van der Waals surface area contributed by atoms with Gasteiger partial charge in [0.25, 0.3) is 0 Å². The maximum absolute atomic E-state index is 12.9. The van der Waals surface area contributed by atoms with E-state index in [1.54, 1.807) is 13.2 Å². The molecule has 0 aliphatic carbocycles. The molecule has 3 heteroatoms. The van der Waals surface area contributed by atoms with Crippen molar-refractivity contribution in [3.63, 3.8) is 0 Å². The fraction of sp³-hybridized carbons (Fsp3) is 0.200. The standard InChI is InChI=1S/C10H10FNO/c1-13-6-2-3-8-4-5-10(12)9(11)7-8/h4-5,7H,6,12H2,1H3. The molecule has 0 aliphatic heterocycles. The van der Waals surface area contributed by atoms with E-state index in [0.717, 1.165) is 0 Å². The fourth-order valence-corrected chi connectivity index (χ4v) is 0.815. The van der Waals surface area contributed by atoms with Gasteiger partial charge in [0, 0.05) is 12.7 Å². The van der Waals surface area contributed by atoms with Crippen LogP contribution in [0.2, 0.25) is 0 Å². The molecule has 68 valence electrons. The molecule has 0 aromatic heterocycles. The SMILES string of the molecule is COCC#Cc1ccc(N)c(F)c1. The number of anilines is 1. The third kappa shape index (κ3) is 2.77. The molecule has 2 nitrogen and oxygen atoms in total. The van der Waals surface area contributed by atoms with E-state index in [9.17, 15) is 4.39 Å². The summed E-state index contributed by atoms with van der Waals surface area (Å²) < 4.78 is 17.6. The van der Waals surface area contributed by atoms with Gasteiger partial charge in [-0.05, 0) is 18.2 Å². The van der Waals surface area contributed by atoms with Crippen molar-refractivity contribution in [3.8, 4) is 11.8 Å². The second kappa shape index (κ2) is 4.48. The van der Waals surface area contributed by atoms with Crippen LogP contribution in [0.3, 0.4) is 0 Å². The first-order valence-corrected chi connectivity index (χ1v) is 3.77. The molecule has 0 bridgehead atoms. The van der Waals surface area contributed by atoms with Crippen LogP contribution >= 0.6 is 0 Å². The van der Waals surface area contributed by atoms with Crippen LogP contribution < -0.4 is 5.73 Å². The van der Waals surface area contributed by atoms with Crippen molar-refractivity contribution in [1.29, 1.82) is 0 Å². The lowest BCUT2D eigenvalue weighted by Crippen LogP contribution is -1.90. The molecule has 0 atom stereocenters. The summed E-state index contributed by atoms with van der Waals surface area (Å²) in [4.78, 5) is 0. The second-order valence-corrected chi connectivity index (χ2v) is 2.47. The van der Waals surface area contributed by atoms with Gasteiger partial charge in [-0.1, -0.05) is 11.8 Å². The summed E-state index contributed by atoms with van der Waals surface area (Å²) in [6.45, 7) is 0.339. The number of nitrogen functional groups attached to an aromatic ring is 1. The Balaban J connectivity index is 2.81. The van der Waals surface area contributed by atoms with Gasteiger partial charge in [0.2, 0.25) is 0 Å². The van der Waals surface area contributed by atoms with Crippen LogP contribution in [0.25, 0.3) is 0 Å². The zero-order chi connectivity index (χ0) is 9.68. The Hall–Kier alpha value is -1.53. The Morgan fingerprint density at radius 3 is 2.92 bits per heavy atom. The molecule has 0 unspecified atom stereocenters. The number of rotatable bonds is 1. The molecule has 0 fully saturated rings. The number of methoxy groups -OCH3 is 1. The van der Waals surface area contributed by atoms with Gasteiger partial charge in [0.15, 0.2) is 0 Å². The first-order chi connectivity index (χ1) is 6.24. The third-order valence-electron chi connectivity index (χ3n) is 1.45. The topological polar surface area (TPSA) is 35.2 Å². The number of hydrogen-bond acceptors (Lipinski definition) is 2. The van der Waals surface area contributed by atoms with Crippen LogP contribution in [-0.2, 0) is 4.74 Å². The average molecular weight is 179 g/mol. The molecule has 1 aromatic carbocycles. The van der Waals surface area contributed by atoms with Crippen molar-refractivity contribution in [2.24, 2.45) is 0 Å². The summed E-state index contributed by atoms with van der Waals surface area (Å²) in [6, 6.07) is 4.46. The highest BCUT2D eigenvalue weighted by Gasteiger charge is 1.96. The highest BCUT2D eigenvalue weighted by atomic mass is 19.1. The van der Waals surface area contributed by atoms with Gasteiger partial charge in [0.05, 0.1) is 5.69 Å². The number of benzene rings is 1. The number of nitrogens with two attached hydrogens (primary N) is 1. The van der Waals surface area contributed by atoms with Crippen molar-refractivity contribution in [3.05, 3.63) is 29.6 Å². The van der Waals surface area contributed by atoms with Crippen molar-refractivity contribution in [1.82, 2.24) is 0 Å². The Labute approximate surface area is 76.5 Å². The molecule has 2 N–H and O–H groups in total. The zero-order valence-electron chi connectivity index (χ0n) is 7.30. The molecule has 1 aromatic rings. The van der Waals surface area contributed by atoms with Gasteiger partial charge >= 0.3 is 0 Å². The zero-order valence-corrected chi connectivity index (χ0v) is 7.30. The van der Waals surface area contributed by atoms with Gasteiger partial charge in [-0.2, -0.15) is 0 Å². The second-order valence-electron chi connectivity index (χ2n) is 2.47. The summed E-state index contributed by atoms with van der Waals surface area (Å²) in [5, 5.41) is 0. The third-order valence-corrected chi connectivity index (χ3v) is 1.45. The molecule has 0 saturated heterocycles.